The van der Waals surface area contributed by atoms with E-state index in [0.29, 0.717) is 0 Å². The van der Waals surface area contributed by atoms with Crippen molar-refractivity contribution in [3.8, 4) is 0 Å². The lowest BCUT2D eigenvalue weighted by molar-refractivity contribution is -0.177. The highest BCUT2D eigenvalue weighted by atomic mass is 19.4. The quantitative estimate of drug-likeness (QED) is 0.560. The minimum Gasteiger partial charge on any atom is -0.424 e. The monoisotopic (exact) mass is 286 g/mol. The molecule has 1 atom stereocenters. The lowest BCUT2D eigenvalue weighted by atomic mass is 10.4. The summed E-state index contributed by atoms with van der Waals surface area (Å²) >= 11 is 0. The first kappa shape index (κ1) is 17.0. The normalized spacial score (nSPS) is 12.3. The number of alkyl halides is 3. The summed E-state index contributed by atoms with van der Waals surface area (Å²) in [6.45, 7) is 0.543. The summed E-state index contributed by atoms with van der Waals surface area (Å²) in [5.41, 5.74) is 0. The molecule has 0 rings (SSSR count). The first-order chi connectivity index (χ1) is 8.70. The summed E-state index contributed by atoms with van der Waals surface area (Å²) in [5, 5.41) is 3.43. The first-order valence-electron chi connectivity index (χ1n) is 5.13. The van der Waals surface area contributed by atoms with Crippen molar-refractivity contribution < 1.29 is 37.0 Å². The highest BCUT2D eigenvalue weighted by Gasteiger charge is 2.38. The van der Waals surface area contributed by atoms with Crippen molar-refractivity contribution >= 4 is 18.0 Å². The Kier molecular flexibility index (Phi) is 6.66. The van der Waals surface area contributed by atoms with Gasteiger partial charge in [0.25, 0.3) is 0 Å². The molecule has 0 heterocycles. The molecule has 0 bridgehead atoms. The molecular formula is C9H13F3N2O5. The second-order valence-electron chi connectivity index (χ2n) is 3.16. The number of ether oxygens (including phenoxy) is 2. The molecule has 110 valence electrons. The molecule has 0 aromatic carbocycles. The molecule has 0 aromatic rings. The molecule has 1 unspecified atom stereocenters. The van der Waals surface area contributed by atoms with Gasteiger partial charge in [0.15, 0.2) is 0 Å². The minimum atomic E-state index is -5.08. The Morgan fingerprint density at radius 3 is 2.21 bits per heavy atom. The third-order valence-corrected chi connectivity index (χ3v) is 1.69. The van der Waals surface area contributed by atoms with Gasteiger partial charge in [-0.25, -0.2) is 4.79 Å². The van der Waals surface area contributed by atoms with Crippen LogP contribution in [0.3, 0.4) is 0 Å². The maximum Gasteiger partial charge on any atom is 0.471 e. The first-order valence-corrected chi connectivity index (χ1v) is 5.13. The third-order valence-electron chi connectivity index (χ3n) is 1.69. The van der Waals surface area contributed by atoms with Crippen molar-refractivity contribution in [1.82, 2.24) is 10.6 Å². The zero-order valence-corrected chi connectivity index (χ0v) is 10.2. The Labute approximate surface area is 106 Å². The molecule has 0 radical (unpaired) electrons. The van der Waals surface area contributed by atoms with Gasteiger partial charge in [0.1, 0.15) is 6.54 Å². The van der Waals surface area contributed by atoms with E-state index < -0.39 is 37.0 Å². The number of hydrogen-bond donors (Lipinski definition) is 2. The SMILES string of the molecule is CCC(OC(=O)CNC(=O)C(F)(F)F)OC(=O)NC. The molecule has 0 fully saturated rings. The third kappa shape index (κ3) is 7.11. The van der Waals surface area contributed by atoms with Crippen LogP contribution in [0.2, 0.25) is 0 Å². The second kappa shape index (κ2) is 7.44. The predicted molar refractivity (Wildman–Crippen MR) is 54.8 cm³/mol. The molecule has 0 aliphatic carbocycles. The molecule has 0 spiro atoms. The van der Waals surface area contributed by atoms with Crippen LogP contribution in [0.15, 0.2) is 0 Å². The van der Waals surface area contributed by atoms with Gasteiger partial charge in [-0.15, -0.1) is 0 Å². The van der Waals surface area contributed by atoms with Crippen LogP contribution in [-0.4, -0.2) is 44.0 Å². The van der Waals surface area contributed by atoms with Crippen molar-refractivity contribution in [3.05, 3.63) is 0 Å². The van der Waals surface area contributed by atoms with Gasteiger partial charge in [0, 0.05) is 13.5 Å². The molecule has 19 heavy (non-hydrogen) atoms. The maximum atomic E-state index is 11.8. The van der Waals surface area contributed by atoms with E-state index in [1.54, 1.807) is 0 Å². The second-order valence-corrected chi connectivity index (χ2v) is 3.16. The molecule has 7 nitrogen and oxygen atoms in total. The molecule has 0 aliphatic heterocycles. The summed E-state index contributed by atoms with van der Waals surface area (Å²) in [4.78, 5) is 32.3. The van der Waals surface area contributed by atoms with Gasteiger partial charge in [-0.1, -0.05) is 6.92 Å². The Morgan fingerprint density at radius 2 is 1.79 bits per heavy atom. The largest absolute Gasteiger partial charge is 0.471 e. The van der Waals surface area contributed by atoms with Crippen molar-refractivity contribution in [2.24, 2.45) is 0 Å². The molecule has 0 aliphatic rings. The van der Waals surface area contributed by atoms with Crippen LogP contribution >= 0.6 is 0 Å². The van der Waals surface area contributed by atoms with Crippen LogP contribution < -0.4 is 10.6 Å². The lowest BCUT2D eigenvalue weighted by Crippen LogP contribution is -2.41. The lowest BCUT2D eigenvalue weighted by Gasteiger charge is -2.16. The topological polar surface area (TPSA) is 93.7 Å². The summed E-state index contributed by atoms with van der Waals surface area (Å²) < 4.78 is 44.5. The van der Waals surface area contributed by atoms with Gasteiger partial charge in [0.2, 0.25) is 6.29 Å². The summed E-state index contributed by atoms with van der Waals surface area (Å²) in [6, 6.07) is 0. The molecule has 0 saturated heterocycles. The van der Waals surface area contributed by atoms with Crippen LogP contribution in [-0.2, 0) is 19.1 Å². The molecule has 10 heteroatoms. The van der Waals surface area contributed by atoms with Crippen LogP contribution in [0, 0.1) is 0 Å². The summed E-state index contributed by atoms with van der Waals surface area (Å²) in [5.74, 6) is -3.42. The predicted octanol–water partition coefficient (Wildman–Crippen LogP) is 0.300. The Balaban J connectivity index is 4.15. The number of carbonyl (C=O) groups excluding carboxylic acids is 3. The average molecular weight is 286 g/mol. The summed E-state index contributed by atoms with van der Waals surface area (Å²) in [6.07, 6.45) is -7.08. The van der Waals surface area contributed by atoms with Crippen molar-refractivity contribution in [3.63, 3.8) is 0 Å². The Hall–Kier alpha value is -2.00. The number of halogens is 3. The van der Waals surface area contributed by atoms with Gasteiger partial charge < -0.3 is 20.1 Å². The Morgan fingerprint density at radius 1 is 1.21 bits per heavy atom. The van der Waals surface area contributed by atoms with E-state index in [-0.39, 0.29) is 6.42 Å². The van der Waals surface area contributed by atoms with Gasteiger partial charge in [-0.3, -0.25) is 9.59 Å². The zero-order valence-electron chi connectivity index (χ0n) is 10.2. The van der Waals surface area contributed by atoms with E-state index in [9.17, 15) is 27.6 Å². The number of nitrogens with one attached hydrogen (secondary N) is 2. The average Bonchev–Trinajstić information content (AvgIpc) is 2.33. The fourth-order valence-electron chi connectivity index (χ4n) is 0.810. The number of esters is 1. The van der Waals surface area contributed by atoms with E-state index in [0.717, 1.165) is 0 Å². The fraction of sp³-hybridized carbons (Fsp3) is 0.667. The Bertz CT molecular complexity index is 345. The maximum absolute atomic E-state index is 11.8. The highest BCUT2D eigenvalue weighted by Crippen LogP contribution is 2.13. The number of hydrogen-bond acceptors (Lipinski definition) is 5. The van der Waals surface area contributed by atoms with Crippen LogP contribution in [0.5, 0.6) is 0 Å². The van der Waals surface area contributed by atoms with E-state index >= 15 is 0 Å². The minimum absolute atomic E-state index is 0.104. The van der Waals surface area contributed by atoms with Crippen LogP contribution in [0.4, 0.5) is 18.0 Å². The van der Waals surface area contributed by atoms with Crippen molar-refractivity contribution in [2.75, 3.05) is 13.6 Å². The van der Waals surface area contributed by atoms with Crippen LogP contribution in [0.1, 0.15) is 13.3 Å². The number of alkyl carbamates (subject to hydrolysis) is 1. The van der Waals surface area contributed by atoms with Gasteiger partial charge in [0.05, 0.1) is 0 Å². The van der Waals surface area contributed by atoms with Crippen molar-refractivity contribution in [1.29, 1.82) is 0 Å². The van der Waals surface area contributed by atoms with Gasteiger partial charge in [-0.2, -0.15) is 13.2 Å². The fourth-order valence-corrected chi connectivity index (χ4v) is 0.810. The zero-order chi connectivity index (χ0) is 15.1. The van der Waals surface area contributed by atoms with Gasteiger partial charge in [-0.05, 0) is 0 Å². The smallest absolute Gasteiger partial charge is 0.424 e. The number of carbonyl (C=O) groups is 3. The van der Waals surface area contributed by atoms with Crippen LogP contribution in [0.25, 0.3) is 0 Å². The van der Waals surface area contributed by atoms with E-state index in [4.69, 9.17) is 0 Å². The number of amides is 2. The number of rotatable bonds is 5. The standard InChI is InChI=1S/C9H13F3N2O5/c1-3-6(19-8(17)13-2)18-5(15)4-14-7(16)9(10,11)12/h6H,3-4H2,1-2H3,(H,13,17)(H,14,16). The van der Waals surface area contributed by atoms with E-state index in [1.807, 2.05) is 0 Å². The summed E-state index contributed by atoms with van der Waals surface area (Å²) in [7, 11) is 1.28. The molecule has 2 N–H and O–H groups in total. The molecular weight excluding hydrogens is 273 g/mol. The van der Waals surface area contributed by atoms with E-state index in [1.165, 1.54) is 19.3 Å². The van der Waals surface area contributed by atoms with Gasteiger partial charge >= 0.3 is 24.1 Å². The molecule has 2 amide bonds. The van der Waals surface area contributed by atoms with Crippen molar-refractivity contribution in [2.45, 2.75) is 25.8 Å². The van der Waals surface area contributed by atoms with E-state index in [2.05, 4.69) is 14.8 Å². The highest BCUT2D eigenvalue weighted by molar-refractivity contribution is 5.85. The molecule has 0 aromatic heterocycles. The molecule has 0 saturated carbocycles.